The van der Waals surface area contributed by atoms with Crippen LogP contribution in [0.2, 0.25) is 0 Å². The van der Waals surface area contributed by atoms with Crippen LogP contribution in [0.25, 0.3) is 11.6 Å². The van der Waals surface area contributed by atoms with E-state index in [1.54, 1.807) is 0 Å². The Labute approximate surface area is 138 Å². The molecule has 0 saturated heterocycles. The van der Waals surface area contributed by atoms with E-state index in [1.165, 1.54) is 12.8 Å². The molecule has 0 unspecified atom stereocenters. The second-order valence-electron chi connectivity index (χ2n) is 5.53. The smallest absolute Gasteiger partial charge is 0.338 e. The molecule has 0 heterocycles. The standard InChI is InChI=1S/C21H24O2/c1-2-3-4-11-16-23-21(22)20(19-14-9-6-10-15-19)17-18-12-7-5-8-13-18/h5-10,12-15,17H,2-4,11,16H2,1H3. The highest BCUT2D eigenvalue weighted by Crippen LogP contribution is 2.20. The molecule has 0 N–H and O–H groups in total. The minimum atomic E-state index is -0.253. The molecule has 0 bridgehead atoms. The van der Waals surface area contributed by atoms with Crippen LogP contribution in [0.15, 0.2) is 60.7 Å². The number of hydrogen-bond acceptors (Lipinski definition) is 2. The van der Waals surface area contributed by atoms with Crippen molar-refractivity contribution in [2.24, 2.45) is 0 Å². The summed E-state index contributed by atoms with van der Waals surface area (Å²) in [4.78, 5) is 12.5. The van der Waals surface area contributed by atoms with Gasteiger partial charge in [-0.1, -0.05) is 86.8 Å². The summed E-state index contributed by atoms with van der Waals surface area (Å²) in [7, 11) is 0. The fourth-order valence-corrected chi connectivity index (χ4v) is 2.37. The van der Waals surface area contributed by atoms with Crippen LogP contribution in [-0.2, 0) is 9.53 Å². The number of unbranched alkanes of at least 4 members (excludes halogenated alkanes) is 3. The van der Waals surface area contributed by atoms with Gasteiger partial charge in [-0.15, -0.1) is 0 Å². The zero-order chi connectivity index (χ0) is 16.3. The molecule has 0 atom stereocenters. The van der Waals surface area contributed by atoms with E-state index in [0.717, 1.165) is 24.0 Å². The second-order valence-corrected chi connectivity index (χ2v) is 5.53. The van der Waals surface area contributed by atoms with Gasteiger partial charge in [-0.05, 0) is 23.6 Å². The number of benzene rings is 2. The molecular weight excluding hydrogens is 284 g/mol. The van der Waals surface area contributed by atoms with E-state index in [4.69, 9.17) is 4.74 Å². The van der Waals surface area contributed by atoms with E-state index in [1.807, 2.05) is 66.7 Å². The van der Waals surface area contributed by atoms with Crippen molar-refractivity contribution < 1.29 is 9.53 Å². The van der Waals surface area contributed by atoms with Crippen molar-refractivity contribution in [1.82, 2.24) is 0 Å². The first kappa shape index (κ1) is 17.0. The van der Waals surface area contributed by atoms with Gasteiger partial charge in [0.05, 0.1) is 12.2 Å². The van der Waals surface area contributed by atoms with E-state index in [2.05, 4.69) is 6.92 Å². The molecule has 2 rings (SSSR count). The third-order valence-corrected chi connectivity index (χ3v) is 3.65. The van der Waals surface area contributed by atoms with Gasteiger partial charge in [0.15, 0.2) is 0 Å². The topological polar surface area (TPSA) is 26.3 Å². The van der Waals surface area contributed by atoms with Crippen molar-refractivity contribution in [3.05, 3.63) is 71.8 Å². The lowest BCUT2D eigenvalue weighted by Crippen LogP contribution is -2.08. The van der Waals surface area contributed by atoms with Crippen LogP contribution in [0, 0.1) is 0 Å². The number of rotatable bonds is 8. The van der Waals surface area contributed by atoms with Gasteiger partial charge in [0.25, 0.3) is 0 Å². The molecule has 2 nitrogen and oxygen atoms in total. The van der Waals surface area contributed by atoms with Crippen molar-refractivity contribution in [1.29, 1.82) is 0 Å². The molecule has 2 aromatic carbocycles. The van der Waals surface area contributed by atoms with Crippen LogP contribution in [0.5, 0.6) is 0 Å². The monoisotopic (exact) mass is 308 g/mol. The molecule has 23 heavy (non-hydrogen) atoms. The summed E-state index contributed by atoms with van der Waals surface area (Å²) in [6.07, 6.45) is 6.28. The maximum absolute atomic E-state index is 12.5. The van der Waals surface area contributed by atoms with Crippen LogP contribution in [-0.4, -0.2) is 12.6 Å². The fraction of sp³-hybridized carbons (Fsp3) is 0.286. The van der Waals surface area contributed by atoms with Crippen molar-refractivity contribution in [3.63, 3.8) is 0 Å². The normalized spacial score (nSPS) is 11.3. The Bertz CT molecular complexity index is 615. The summed E-state index contributed by atoms with van der Waals surface area (Å²) in [6, 6.07) is 19.5. The molecule has 0 aliphatic rings. The molecule has 0 aromatic heterocycles. The first-order valence-corrected chi connectivity index (χ1v) is 8.30. The van der Waals surface area contributed by atoms with Gasteiger partial charge in [0.2, 0.25) is 0 Å². The predicted octanol–water partition coefficient (Wildman–Crippen LogP) is 5.35. The van der Waals surface area contributed by atoms with Crippen molar-refractivity contribution >= 4 is 17.6 Å². The summed E-state index contributed by atoms with van der Waals surface area (Å²) < 4.78 is 5.47. The zero-order valence-electron chi connectivity index (χ0n) is 13.7. The van der Waals surface area contributed by atoms with E-state index >= 15 is 0 Å². The van der Waals surface area contributed by atoms with Crippen LogP contribution < -0.4 is 0 Å². The van der Waals surface area contributed by atoms with E-state index < -0.39 is 0 Å². The first-order chi connectivity index (χ1) is 11.3. The van der Waals surface area contributed by atoms with Crippen LogP contribution in [0.3, 0.4) is 0 Å². The number of hydrogen-bond donors (Lipinski definition) is 0. The Morgan fingerprint density at radius 3 is 2.22 bits per heavy atom. The Balaban J connectivity index is 2.11. The van der Waals surface area contributed by atoms with Crippen LogP contribution in [0.1, 0.15) is 43.7 Å². The maximum atomic E-state index is 12.5. The molecule has 120 valence electrons. The van der Waals surface area contributed by atoms with Gasteiger partial charge in [0.1, 0.15) is 0 Å². The number of carbonyl (C=O) groups is 1. The number of carbonyl (C=O) groups excluding carboxylic acids is 1. The van der Waals surface area contributed by atoms with Gasteiger partial charge in [-0.2, -0.15) is 0 Å². The zero-order valence-corrected chi connectivity index (χ0v) is 13.7. The first-order valence-electron chi connectivity index (χ1n) is 8.30. The van der Waals surface area contributed by atoms with E-state index in [9.17, 15) is 4.79 Å². The molecule has 0 aliphatic heterocycles. The number of esters is 1. The van der Waals surface area contributed by atoms with E-state index in [-0.39, 0.29) is 5.97 Å². The highest BCUT2D eigenvalue weighted by molar-refractivity contribution is 6.21. The van der Waals surface area contributed by atoms with Gasteiger partial charge < -0.3 is 4.74 Å². The van der Waals surface area contributed by atoms with Gasteiger partial charge >= 0.3 is 5.97 Å². The lowest BCUT2D eigenvalue weighted by atomic mass is 10.0. The molecular formula is C21H24O2. The third kappa shape index (κ3) is 5.74. The van der Waals surface area contributed by atoms with Gasteiger partial charge in [-0.3, -0.25) is 0 Å². The second kappa shape index (κ2) is 9.62. The quantitative estimate of drug-likeness (QED) is 0.284. The predicted molar refractivity (Wildman–Crippen MR) is 95.9 cm³/mol. The molecule has 2 heteroatoms. The SMILES string of the molecule is CCCCCCOC(=O)C(=Cc1ccccc1)c1ccccc1. The minimum Gasteiger partial charge on any atom is -0.462 e. The molecule has 0 fully saturated rings. The van der Waals surface area contributed by atoms with E-state index in [0.29, 0.717) is 12.2 Å². The Hall–Kier alpha value is -2.35. The summed E-state index contributed by atoms with van der Waals surface area (Å²) in [5, 5.41) is 0. The summed E-state index contributed by atoms with van der Waals surface area (Å²) >= 11 is 0. The van der Waals surface area contributed by atoms with Crippen molar-refractivity contribution in [3.8, 4) is 0 Å². The molecule has 0 radical (unpaired) electrons. The van der Waals surface area contributed by atoms with Gasteiger partial charge in [-0.25, -0.2) is 4.79 Å². The molecule has 0 spiro atoms. The Morgan fingerprint density at radius 1 is 0.913 bits per heavy atom. The van der Waals surface area contributed by atoms with Crippen molar-refractivity contribution in [2.75, 3.05) is 6.61 Å². The summed E-state index contributed by atoms with van der Waals surface area (Å²) in [5.74, 6) is -0.253. The summed E-state index contributed by atoms with van der Waals surface area (Å²) in [6.45, 7) is 2.65. The van der Waals surface area contributed by atoms with Crippen LogP contribution in [0.4, 0.5) is 0 Å². The minimum absolute atomic E-state index is 0.253. The fourth-order valence-electron chi connectivity index (χ4n) is 2.37. The summed E-state index contributed by atoms with van der Waals surface area (Å²) in [5.41, 5.74) is 2.48. The lowest BCUT2D eigenvalue weighted by Gasteiger charge is -2.09. The highest BCUT2D eigenvalue weighted by Gasteiger charge is 2.13. The maximum Gasteiger partial charge on any atom is 0.338 e. The lowest BCUT2D eigenvalue weighted by molar-refractivity contribution is -0.136. The largest absolute Gasteiger partial charge is 0.462 e. The molecule has 2 aromatic rings. The third-order valence-electron chi connectivity index (χ3n) is 3.65. The molecule has 0 saturated carbocycles. The molecule has 0 aliphatic carbocycles. The highest BCUT2D eigenvalue weighted by atomic mass is 16.5. The number of ether oxygens (including phenoxy) is 1. The van der Waals surface area contributed by atoms with Crippen LogP contribution >= 0.6 is 0 Å². The Morgan fingerprint density at radius 2 is 1.57 bits per heavy atom. The molecule has 0 amide bonds. The average Bonchev–Trinajstić information content (AvgIpc) is 2.61. The Kier molecular flexibility index (Phi) is 7.12. The van der Waals surface area contributed by atoms with Gasteiger partial charge in [0, 0.05) is 0 Å². The van der Waals surface area contributed by atoms with Crippen molar-refractivity contribution in [2.45, 2.75) is 32.6 Å². The average molecular weight is 308 g/mol.